The number of carboxylic acid groups (broad SMARTS) is 1. The van der Waals surface area contributed by atoms with Gasteiger partial charge in [0, 0.05) is 13.0 Å². The van der Waals surface area contributed by atoms with Gasteiger partial charge in [0.2, 0.25) is 11.8 Å². The van der Waals surface area contributed by atoms with E-state index in [2.05, 4.69) is 5.32 Å². The van der Waals surface area contributed by atoms with E-state index in [0.29, 0.717) is 5.69 Å². The summed E-state index contributed by atoms with van der Waals surface area (Å²) in [5, 5.41) is 9.76. The minimum atomic E-state index is -1.02. The second-order valence-corrected chi connectivity index (χ2v) is 6.42. The predicted octanol–water partition coefficient (Wildman–Crippen LogP) is 1.80. The van der Waals surface area contributed by atoms with E-state index in [1.807, 2.05) is 19.1 Å². The van der Waals surface area contributed by atoms with Crippen molar-refractivity contribution in [2.24, 2.45) is 0 Å². The van der Waals surface area contributed by atoms with E-state index < -0.39 is 28.3 Å². The minimum Gasteiger partial charge on any atom is -0.481 e. The summed E-state index contributed by atoms with van der Waals surface area (Å²) in [6.07, 6.45) is 0.515. The lowest BCUT2D eigenvalue weighted by Gasteiger charge is -2.14. The van der Waals surface area contributed by atoms with Gasteiger partial charge in [0.15, 0.2) is 0 Å². The molecule has 1 heterocycles. The van der Waals surface area contributed by atoms with Crippen LogP contribution < -0.4 is 10.2 Å². The molecule has 2 rings (SSSR count). The van der Waals surface area contributed by atoms with E-state index in [1.54, 1.807) is 12.1 Å². The maximum atomic E-state index is 12.4. The molecule has 0 bridgehead atoms. The van der Waals surface area contributed by atoms with Crippen LogP contribution in [0.1, 0.15) is 25.3 Å². The van der Waals surface area contributed by atoms with Crippen LogP contribution >= 0.6 is 11.8 Å². The summed E-state index contributed by atoms with van der Waals surface area (Å²) < 4.78 is 0. The van der Waals surface area contributed by atoms with Crippen LogP contribution in [0.3, 0.4) is 0 Å². The Bertz CT molecular complexity index is 659. The third-order valence-corrected chi connectivity index (χ3v) is 4.59. The fourth-order valence-electron chi connectivity index (χ4n) is 2.25. The number of anilines is 1. The smallest absolute Gasteiger partial charge is 0.305 e. The molecule has 0 radical (unpaired) electrons. The van der Waals surface area contributed by atoms with Gasteiger partial charge in [-0.2, -0.15) is 0 Å². The molecule has 1 aliphatic rings. The number of nitrogens with one attached hydrogen (secondary N) is 1. The third-order valence-electron chi connectivity index (χ3n) is 3.56. The van der Waals surface area contributed by atoms with Crippen molar-refractivity contribution >= 4 is 40.5 Å². The topological polar surface area (TPSA) is 104 Å². The third kappa shape index (κ3) is 4.35. The number of benzene rings is 1. The van der Waals surface area contributed by atoms with Crippen molar-refractivity contribution in [2.45, 2.75) is 31.4 Å². The SMILES string of the molecule is CCc1ccc(N2C(=O)SC(CC(=O)NCCC(=O)O)C2=O)cc1. The van der Waals surface area contributed by atoms with Gasteiger partial charge in [0.25, 0.3) is 5.24 Å². The number of carbonyl (C=O) groups is 4. The van der Waals surface area contributed by atoms with Gasteiger partial charge in [-0.25, -0.2) is 4.90 Å². The van der Waals surface area contributed by atoms with E-state index in [4.69, 9.17) is 5.11 Å². The molecule has 3 amide bonds. The van der Waals surface area contributed by atoms with Crippen LogP contribution in [0, 0.1) is 0 Å². The van der Waals surface area contributed by atoms with E-state index in [0.717, 1.165) is 28.6 Å². The Labute approximate surface area is 143 Å². The molecule has 0 spiro atoms. The normalized spacial score (nSPS) is 17.2. The lowest BCUT2D eigenvalue weighted by Crippen LogP contribution is -2.34. The molecule has 1 aromatic carbocycles. The van der Waals surface area contributed by atoms with Crippen molar-refractivity contribution in [1.29, 1.82) is 0 Å². The Kier molecular flexibility index (Phi) is 5.97. The molecule has 2 N–H and O–H groups in total. The van der Waals surface area contributed by atoms with Crippen LogP contribution in [-0.4, -0.2) is 39.9 Å². The monoisotopic (exact) mass is 350 g/mol. The molecule has 0 aromatic heterocycles. The highest BCUT2D eigenvalue weighted by atomic mass is 32.2. The molecule has 1 unspecified atom stereocenters. The molecule has 0 aliphatic carbocycles. The molecule has 1 atom stereocenters. The number of rotatable bonds is 7. The van der Waals surface area contributed by atoms with Crippen LogP contribution in [0.4, 0.5) is 10.5 Å². The van der Waals surface area contributed by atoms with Gasteiger partial charge < -0.3 is 10.4 Å². The Morgan fingerprint density at radius 1 is 1.25 bits per heavy atom. The maximum Gasteiger partial charge on any atom is 0.305 e. The molecule has 1 fully saturated rings. The van der Waals surface area contributed by atoms with E-state index in [9.17, 15) is 19.2 Å². The zero-order valence-electron chi connectivity index (χ0n) is 13.2. The number of imide groups is 1. The Morgan fingerprint density at radius 3 is 2.50 bits per heavy atom. The lowest BCUT2D eigenvalue weighted by molar-refractivity contribution is -0.137. The average Bonchev–Trinajstić information content (AvgIpc) is 2.81. The zero-order valence-corrected chi connectivity index (χ0v) is 14.0. The predicted molar refractivity (Wildman–Crippen MR) is 90.0 cm³/mol. The largest absolute Gasteiger partial charge is 0.481 e. The summed E-state index contributed by atoms with van der Waals surface area (Å²) in [4.78, 5) is 47.7. The average molecular weight is 350 g/mol. The van der Waals surface area contributed by atoms with Crippen LogP contribution in [0.25, 0.3) is 0 Å². The number of aryl methyl sites for hydroxylation is 1. The van der Waals surface area contributed by atoms with Gasteiger partial charge in [-0.3, -0.25) is 19.2 Å². The van der Waals surface area contributed by atoms with Gasteiger partial charge in [-0.15, -0.1) is 0 Å². The fraction of sp³-hybridized carbons (Fsp3) is 0.375. The number of thioether (sulfide) groups is 1. The minimum absolute atomic E-state index is 0.00408. The molecule has 8 heteroatoms. The van der Waals surface area contributed by atoms with Crippen molar-refractivity contribution in [1.82, 2.24) is 5.32 Å². The lowest BCUT2D eigenvalue weighted by atomic mass is 10.1. The van der Waals surface area contributed by atoms with E-state index in [1.165, 1.54) is 0 Å². The Hall–Kier alpha value is -2.35. The molecule has 7 nitrogen and oxygen atoms in total. The molecule has 1 saturated heterocycles. The quantitative estimate of drug-likeness (QED) is 0.777. The Balaban J connectivity index is 1.97. The van der Waals surface area contributed by atoms with Crippen molar-refractivity contribution in [3.05, 3.63) is 29.8 Å². The van der Waals surface area contributed by atoms with Crippen LogP contribution in [0.15, 0.2) is 24.3 Å². The number of hydrogen-bond donors (Lipinski definition) is 2. The van der Waals surface area contributed by atoms with Crippen molar-refractivity contribution < 1.29 is 24.3 Å². The molecule has 128 valence electrons. The first-order chi connectivity index (χ1) is 11.4. The Morgan fingerprint density at radius 2 is 1.92 bits per heavy atom. The molecule has 0 saturated carbocycles. The maximum absolute atomic E-state index is 12.4. The highest BCUT2D eigenvalue weighted by Crippen LogP contribution is 2.33. The van der Waals surface area contributed by atoms with Gasteiger partial charge >= 0.3 is 5.97 Å². The number of carbonyl (C=O) groups excluding carboxylic acids is 3. The zero-order chi connectivity index (χ0) is 17.7. The number of hydrogen-bond acceptors (Lipinski definition) is 5. The van der Waals surface area contributed by atoms with Gasteiger partial charge in [-0.05, 0) is 35.9 Å². The first-order valence-corrected chi connectivity index (χ1v) is 8.42. The second kappa shape index (κ2) is 7.96. The number of carboxylic acids is 1. The number of amides is 3. The van der Waals surface area contributed by atoms with Crippen LogP contribution in [0.5, 0.6) is 0 Å². The van der Waals surface area contributed by atoms with Crippen LogP contribution in [-0.2, 0) is 20.8 Å². The van der Waals surface area contributed by atoms with Gasteiger partial charge in [0.1, 0.15) is 5.25 Å². The van der Waals surface area contributed by atoms with E-state index in [-0.39, 0.29) is 19.4 Å². The molecule has 24 heavy (non-hydrogen) atoms. The van der Waals surface area contributed by atoms with Crippen molar-refractivity contribution in [3.63, 3.8) is 0 Å². The molecular formula is C16H18N2O5S. The molecule has 1 aromatic rings. The summed E-state index contributed by atoms with van der Waals surface area (Å²) >= 11 is 0.815. The first kappa shape index (κ1) is 18.0. The fourth-order valence-corrected chi connectivity index (χ4v) is 3.24. The van der Waals surface area contributed by atoms with Crippen LogP contribution in [0.2, 0.25) is 0 Å². The molecular weight excluding hydrogens is 332 g/mol. The summed E-state index contributed by atoms with van der Waals surface area (Å²) in [7, 11) is 0. The highest BCUT2D eigenvalue weighted by molar-refractivity contribution is 8.15. The van der Waals surface area contributed by atoms with E-state index >= 15 is 0 Å². The first-order valence-electron chi connectivity index (χ1n) is 7.54. The van der Waals surface area contributed by atoms with Crippen molar-refractivity contribution in [3.8, 4) is 0 Å². The second-order valence-electron chi connectivity index (χ2n) is 5.26. The summed E-state index contributed by atoms with van der Waals surface area (Å²) in [5.74, 6) is -1.89. The van der Waals surface area contributed by atoms with Gasteiger partial charge in [-0.1, -0.05) is 19.1 Å². The number of nitrogens with zero attached hydrogens (tertiary/aromatic N) is 1. The number of aliphatic carboxylic acids is 1. The molecule has 1 aliphatic heterocycles. The summed E-state index contributed by atoms with van der Waals surface area (Å²) in [6.45, 7) is 2.01. The van der Waals surface area contributed by atoms with Crippen molar-refractivity contribution in [2.75, 3.05) is 11.4 Å². The standard InChI is InChI=1S/C16H18N2O5S/c1-2-10-3-5-11(6-4-10)18-15(22)12(24-16(18)23)9-13(19)17-8-7-14(20)21/h3-6,12H,2,7-9H2,1H3,(H,17,19)(H,20,21). The summed E-state index contributed by atoms with van der Waals surface area (Å²) in [5.41, 5.74) is 1.59. The summed E-state index contributed by atoms with van der Waals surface area (Å²) in [6, 6.07) is 7.13. The van der Waals surface area contributed by atoms with Gasteiger partial charge in [0.05, 0.1) is 12.1 Å². The highest BCUT2D eigenvalue weighted by Gasteiger charge is 2.41.